The van der Waals surface area contributed by atoms with Crippen molar-refractivity contribution in [2.45, 2.75) is 39.3 Å². The first-order chi connectivity index (χ1) is 15.5. The zero-order valence-corrected chi connectivity index (χ0v) is 18.9. The lowest BCUT2D eigenvalue weighted by Crippen LogP contribution is -2.26. The molecule has 0 aromatic carbocycles. The number of ether oxygens (including phenoxy) is 2. The van der Waals surface area contributed by atoms with Gasteiger partial charge < -0.3 is 25.8 Å². The Bertz CT molecular complexity index is 1120. The Kier molecular flexibility index (Phi) is 7.77. The second-order valence-electron chi connectivity index (χ2n) is 7.40. The first-order valence-corrected chi connectivity index (χ1v) is 10.6. The number of fused-ring (bicyclic) bond motifs is 1. The van der Waals surface area contributed by atoms with Crippen molar-refractivity contribution >= 4 is 22.7 Å². The number of anilines is 2. The van der Waals surface area contributed by atoms with Gasteiger partial charge in [-0.2, -0.15) is 15.1 Å². The maximum absolute atomic E-state index is 13.3. The topological polar surface area (TPSA) is 142 Å². The lowest BCUT2D eigenvalue weighted by Gasteiger charge is -2.16. The van der Waals surface area contributed by atoms with Crippen LogP contribution in [0.5, 0.6) is 11.8 Å². The summed E-state index contributed by atoms with van der Waals surface area (Å²) in [7, 11) is 3.37. The second kappa shape index (κ2) is 10.7. The van der Waals surface area contributed by atoms with Crippen molar-refractivity contribution in [2.75, 3.05) is 38.4 Å². The quantitative estimate of drug-likeness (QED) is 0.373. The highest BCUT2D eigenvalue weighted by atomic mass is 16.5. The lowest BCUT2D eigenvalue weighted by atomic mass is 10.2. The van der Waals surface area contributed by atoms with E-state index in [0.29, 0.717) is 47.2 Å². The van der Waals surface area contributed by atoms with E-state index in [9.17, 15) is 4.79 Å². The van der Waals surface area contributed by atoms with Gasteiger partial charge >= 0.3 is 0 Å². The van der Waals surface area contributed by atoms with Crippen LogP contribution in [-0.4, -0.2) is 58.1 Å². The molecule has 0 fully saturated rings. The molecule has 3 heterocycles. The summed E-state index contributed by atoms with van der Waals surface area (Å²) in [6, 6.07) is 3.67. The zero-order chi connectivity index (χ0) is 23.1. The van der Waals surface area contributed by atoms with E-state index in [4.69, 9.17) is 15.2 Å². The molecule has 0 saturated heterocycles. The Hall–Kier alpha value is -3.47. The van der Waals surface area contributed by atoms with Crippen molar-refractivity contribution < 1.29 is 9.47 Å². The van der Waals surface area contributed by atoms with Crippen LogP contribution < -0.4 is 31.4 Å². The van der Waals surface area contributed by atoms with Crippen LogP contribution in [-0.2, 0) is 6.54 Å². The SMILES string of the molecule is CCC[C@@H](C)Nc1nc(N)nc2cnn(Cc3ccc(OCCNC)nc3OC)c(=O)c12. The van der Waals surface area contributed by atoms with E-state index in [2.05, 4.69) is 37.6 Å². The molecule has 0 aliphatic heterocycles. The number of pyridine rings is 1. The van der Waals surface area contributed by atoms with E-state index in [1.165, 1.54) is 18.0 Å². The minimum absolute atomic E-state index is 0.0855. The number of methoxy groups -OCH3 is 1. The van der Waals surface area contributed by atoms with Crippen LogP contribution in [0.2, 0.25) is 0 Å². The number of hydrogen-bond donors (Lipinski definition) is 3. The van der Waals surface area contributed by atoms with Crippen molar-refractivity contribution in [3.63, 3.8) is 0 Å². The van der Waals surface area contributed by atoms with Crippen molar-refractivity contribution in [3.05, 3.63) is 34.2 Å². The van der Waals surface area contributed by atoms with Gasteiger partial charge in [-0.3, -0.25) is 4.79 Å². The second-order valence-corrected chi connectivity index (χ2v) is 7.40. The smallest absolute Gasteiger partial charge is 0.280 e. The van der Waals surface area contributed by atoms with E-state index in [-0.39, 0.29) is 24.1 Å². The van der Waals surface area contributed by atoms with Gasteiger partial charge in [0.2, 0.25) is 17.7 Å². The van der Waals surface area contributed by atoms with Gasteiger partial charge in [-0.05, 0) is 26.5 Å². The maximum Gasteiger partial charge on any atom is 0.280 e. The number of aromatic nitrogens is 5. The number of nitrogens with zero attached hydrogens (tertiary/aromatic N) is 5. The Morgan fingerprint density at radius 2 is 2.06 bits per heavy atom. The molecule has 0 aliphatic rings. The molecule has 11 heteroatoms. The van der Waals surface area contributed by atoms with Gasteiger partial charge in [-0.15, -0.1) is 0 Å². The fraction of sp³-hybridized carbons (Fsp3) is 0.476. The monoisotopic (exact) mass is 442 g/mol. The average molecular weight is 443 g/mol. The number of nitrogens with two attached hydrogens (primary N) is 1. The molecule has 3 aromatic heterocycles. The van der Waals surface area contributed by atoms with Crippen molar-refractivity contribution in [3.8, 4) is 11.8 Å². The fourth-order valence-electron chi connectivity index (χ4n) is 3.31. The summed E-state index contributed by atoms with van der Waals surface area (Å²) in [6.07, 6.45) is 3.44. The van der Waals surface area contributed by atoms with Crippen LogP contribution in [0.15, 0.2) is 23.1 Å². The summed E-state index contributed by atoms with van der Waals surface area (Å²) >= 11 is 0. The molecule has 1 atom stereocenters. The van der Waals surface area contributed by atoms with Crippen LogP contribution in [0.25, 0.3) is 10.9 Å². The number of nitrogen functional groups attached to an aromatic ring is 1. The van der Waals surface area contributed by atoms with Crippen LogP contribution in [0.1, 0.15) is 32.3 Å². The van der Waals surface area contributed by atoms with Gasteiger partial charge in [0.1, 0.15) is 23.3 Å². The van der Waals surface area contributed by atoms with E-state index in [1.54, 1.807) is 12.1 Å². The molecule has 0 saturated carbocycles. The summed E-state index contributed by atoms with van der Waals surface area (Å²) < 4.78 is 12.3. The van der Waals surface area contributed by atoms with Crippen LogP contribution in [0.3, 0.4) is 0 Å². The van der Waals surface area contributed by atoms with Crippen LogP contribution in [0.4, 0.5) is 11.8 Å². The van der Waals surface area contributed by atoms with Crippen molar-refractivity contribution in [1.29, 1.82) is 0 Å². The standard InChI is InChI=1S/C21H30N8O3/c1-5-6-13(2)25-18-17-15(26-21(22)28-18)11-24-29(20(17)30)12-14-7-8-16(27-19(14)31-4)32-10-9-23-3/h7-8,11,13,23H,5-6,9-10,12H2,1-4H3,(H3,22,25,26,28)/t13-/m1/s1. The van der Waals surface area contributed by atoms with Gasteiger partial charge in [0.15, 0.2) is 0 Å². The third kappa shape index (κ3) is 5.41. The number of likely N-dealkylation sites (N-methyl/N-ethyl adjacent to an activating group) is 1. The normalized spacial score (nSPS) is 12.0. The van der Waals surface area contributed by atoms with E-state index >= 15 is 0 Å². The minimum Gasteiger partial charge on any atom is -0.481 e. The zero-order valence-electron chi connectivity index (χ0n) is 18.9. The molecule has 4 N–H and O–H groups in total. The molecule has 3 rings (SSSR count). The van der Waals surface area contributed by atoms with Crippen molar-refractivity contribution in [2.24, 2.45) is 0 Å². The van der Waals surface area contributed by atoms with Crippen LogP contribution in [0, 0.1) is 0 Å². The summed E-state index contributed by atoms with van der Waals surface area (Å²) in [5, 5.41) is 10.9. The molecule has 0 unspecified atom stereocenters. The Balaban J connectivity index is 1.95. The summed E-state index contributed by atoms with van der Waals surface area (Å²) in [5.74, 6) is 1.31. The van der Waals surface area contributed by atoms with Gasteiger partial charge in [-0.1, -0.05) is 13.3 Å². The fourth-order valence-corrected chi connectivity index (χ4v) is 3.31. The number of hydrogen-bond acceptors (Lipinski definition) is 10. The predicted molar refractivity (Wildman–Crippen MR) is 123 cm³/mol. The summed E-state index contributed by atoms with van der Waals surface area (Å²) in [5.41, 5.74) is 6.59. The predicted octanol–water partition coefficient (Wildman–Crippen LogP) is 1.42. The average Bonchev–Trinajstić information content (AvgIpc) is 2.76. The highest BCUT2D eigenvalue weighted by Gasteiger charge is 2.16. The van der Waals surface area contributed by atoms with Gasteiger partial charge in [0.25, 0.3) is 5.56 Å². The first kappa shape index (κ1) is 23.2. The summed E-state index contributed by atoms with van der Waals surface area (Å²) in [4.78, 5) is 26.1. The third-order valence-corrected chi connectivity index (χ3v) is 4.86. The molecular weight excluding hydrogens is 412 g/mol. The Morgan fingerprint density at radius 1 is 1.25 bits per heavy atom. The highest BCUT2D eigenvalue weighted by molar-refractivity contribution is 5.88. The van der Waals surface area contributed by atoms with Gasteiger partial charge in [-0.25, -0.2) is 9.67 Å². The molecule has 32 heavy (non-hydrogen) atoms. The largest absolute Gasteiger partial charge is 0.481 e. The van der Waals surface area contributed by atoms with Gasteiger partial charge in [0.05, 0.1) is 19.9 Å². The minimum atomic E-state index is -0.329. The first-order valence-electron chi connectivity index (χ1n) is 10.6. The van der Waals surface area contributed by atoms with Crippen LogP contribution >= 0.6 is 0 Å². The molecule has 0 spiro atoms. The number of nitrogens with one attached hydrogen (secondary N) is 2. The maximum atomic E-state index is 13.3. The Morgan fingerprint density at radius 3 is 2.78 bits per heavy atom. The summed E-state index contributed by atoms with van der Waals surface area (Å²) in [6.45, 7) is 5.47. The molecule has 0 radical (unpaired) electrons. The lowest BCUT2D eigenvalue weighted by molar-refractivity contribution is 0.297. The number of rotatable bonds is 11. The molecule has 0 amide bonds. The third-order valence-electron chi connectivity index (χ3n) is 4.86. The highest BCUT2D eigenvalue weighted by Crippen LogP contribution is 2.22. The Labute approximate surface area is 186 Å². The molecule has 0 aliphatic carbocycles. The molecule has 11 nitrogen and oxygen atoms in total. The molecule has 0 bridgehead atoms. The molecule has 3 aromatic rings. The van der Waals surface area contributed by atoms with E-state index < -0.39 is 0 Å². The molecular formula is C21H30N8O3. The van der Waals surface area contributed by atoms with E-state index in [1.807, 2.05) is 14.0 Å². The van der Waals surface area contributed by atoms with E-state index in [0.717, 1.165) is 12.8 Å². The molecule has 172 valence electrons. The van der Waals surface area contributed by atoms with Crippen molar-refractivity contribution in [1.82, 2.24) is 30.0 Å². The van der Waals surface area contributed by atoms with Gasteiger partial charge in [0, 0.05) is 24.2 Å².